The molecular formula is C20H23ClO2. The molecule has 2 aromatic carbocycles. The van der Waals surface area contributed by atoms with Crippen LogP contribution < -0.4 is 4.74 Å². The van der Waals surface area contributed by atoms with Gasteiger partial charge in [-0.3, -0.25) is 4.79 Å². The zero-order chi connectivity index (χ0) is 16.3. The topological polar surface area (TPSA) is 26.3 Å². The third-order valence-corrected chi connectivity index (χ3v) is 3.97. The van der Waals surface area contributed by atoms with E-state index in [1.807, 2.05) is 42.5 Å². The molecule has 122 valence electrons. The predicted octanol–water partition coefficient (Wildman–Crippen LogP) is 5.84. The highest BCUT2D eigenvalue weighted by Gasteiger charge is 2.05. The van der Waals surface area contributed by atoms with Crippen LogP contribution in [0.4, 0.5) is 0 Å². The zero-order valence-corrected chi connectivity index (χ0v) is 14.1. The summed E-state index contributed by atoms with van der Waals surface area (Å²) < 4.78 is 5.37. The lowest BCUT2D eigenvalue weighted by Crippen LogP contribution is -2.07. The summed E-state index contributed by atoms with van der Waals surface area (Å²) in [4.78, 5) is 11.8. The molecule has 0 aliphatic carbocycles. The Morgan fingerprint density at radius 3 is 2.09 bits per heavy atom. The Hall–Kier alpha value is -1.80. The first kappa shape index (κ1) is 17.6. The summed E-state index contributed by atoms with van der Waals surface area (Å²) in [5.41, 5.74) is 2.27. The summed E-state index contributed by atoms with van der Waals surface area (Å²) >= 11 is 5.63. The van der Waals surface area contributed by atoms with Crippen LogP contribution in [0.2, 0.25) is 0 Å². The summed E-state index contributed by atoms with van der Waals surface area (Å²) in [6.45, 7) is 0. The molecule has 0 spiro atoms. The van der Waals surface area contributed by atoms with E-state index in [0.717, 1.165) is 49.1 Å². The molecule has 2 aromatic rings. The highest BCUT2D eigenvalue weighted by Crippen LogP contribution is 2.22. The van der Waals surface area contributed by atoms with E-state index in [2.05, 4.69) is 12.1 Å². The predicted molar refractivity (Wildman–Crippen MR) is 95.9 cm³/mol. The van der Waals surface area contributed by atoms with E-state index in [-0.39, 0.29) is 5.97 Å². The molecule has 0 aliphatic rings. The highest BCUT2D eigenvalue weighted by molar-refractivity contribution is 6.17. The monoisotopic (exact) mass is 330 g/mol. The second-order valence-electron chi connectivity index (χ2n) is 5.57. The first-order chi connectivity index (χ1) is 11.3. The van der Waals surface area contributed by atoms with Gasteiger partial charge in [0.05, 0.1) is 0 Å². The Labute approximate surface area is 143 Å². The number of esters is 1. The van der Waals surface area contributed by atoms with Crippen molar-refractivity contribution in [1.29, 1.82) is 0 Å². The van der Waals surface area contributed by atoms with Crippen LogP contribution in [0.25, 0.3) is 11.1 Å². The number of hydrogen-bond acceptors (Lipinski definition) is 2. The van der Waals surface area contributed by atoms with Gasteiger partial charge in [0.2, 0.25) is 0 Å². The lowest BCUT2D eigenvalue weighted by Gasteiger charge is -2.06. The van der Waals surface area contributed by atoms with Crippen LogP contribution in [0, 0.1) is 0 Å². The van der Waals surface area contributed by atoms with Gasteiger partial charge >= 0.3 is 5.97 Å². The minimum absolute atomic E-state index is 0.158. The Bertz CT molecular complexity index is 578. The van der Waals surface area contributed by atoms with E-state index in [1.165, 1.54) is 0 Å². The van der Waals surface area contributed by atoms with Gasteiger partial charge < -0.3 is 4.74 Å². The van der Waals surface area contributed by atoms with Crippen molar-refractivity contribution >= 4 is 17.6 Å². The number of alkyl halides is 1. The molecule has 0 fully saturated rings. The third-order valence-electron chi connectivity index (χ3n) is 3.71. The molecule has 0 heterocycles. The maximum Gasteiger partial charge on any atom is 0.311 e. The number of halogens is 1. The number of benzene rings is 2. The average molecular weight is 331 g/mol. The fourth-order valence-electron chi connectivity index (χ4n) is 2.42. The van der Waals surface area contributed by atoms with Crippen LogP contribution in [0.1, 0.15) is 38.5 Å². The van der Waals surface area contributed by atoms with Gasteiger partial charge in [0.1, 0.15) is 5.75 Å². The summed E-state index contributed by atoms with van der Waals surface area (Å²) in [7, 11) is 0. The lowest BCUT2D eigenvalue weighted by atomic mass is 10.1. The maximum atomic E-state index is 11.8. The van der Waals surface area contributed by atoms with Crippen molar-refractivity contribution in [2.45, 2.75) is 38.5 Å². The smallest absolute Gasteiger partial charge is 0.311 e. The number of unbranched alkanes of at least 4 members (excludes halogenated alkanes) is 4. The first-order valence-electron chi connectivity index (χ1n) is 8.22. The summed E-state index contributed by atoms with van der Waals surface area (Å²) in [6, 6.07) is 17.8. The molecule has 0 amide bonds. The van der Waals surface area contributed by atoms with Gasteiger partial charge in [-0.2, -0.15) is 0 Å². The van der Waals surface area contributed by atoms with Crippen molar-refractivity contribution < 1.29 is 9.53 Å². The number of rotatable bonds is 9. The highest BCUT2D eigenvalue weighted by atomic mass is 35.5. The summed E-state index contributed by atoms with van der Waals surface area (Å²) in [5, 5.41) is 0. The molecule has 0 atom stereocenters. The first-order valence-corrected chi connectivity index (χ1v) is 8.75. The van der Waals surface area contributed by atoms with Crippen molar-refractivity contribution in [3.05, 3.63) is 54.6 Å². The molecule has 0 N–H and O–H groups in total. The van der Waals surface area contributed by atoms with Crippen molar-refractivity contribution in [2.24, 2.45) is 0 Å². The SMILES string of the molecule is O=C(CCCCCCCCl)Oc1ccc(-c2ccccc2)cc1. The Morgan fingerprint density at radius 1 is 0.783 bits per heavy atom. The van der Waals surface area contributed by atoms with Crippen LogP contribution in [0.5, 0.6) is 5.75 Å². The normalized spacial score (nSPS) is 10.5. The molecule has 0 aliphatic heterocycles. The van der Waals surface area contributed by atoms with E-state index in [0.29, 0.717) is 12.2 Å². The molecule has 0 radical (unpaired) electrons. The molecule has 0 saturated heterocycles. The van der Waals surface area contributed by atoms with Crippen molar-refractivity contribution in [1.82, 2.24) is 0 Å². The number of carbonyl (C=O) groups is 1. The summed E-state index contributed by atoms with van der Waals surface area (Å²) in [5.74, 6) is 1.17. The van der Waals surface area contributed by atoms with Crippen LogP contribution in [0.15, 0.2) is 54.6 Å². The molecule has 23 heavy (non-hydrogen) atoms. The molecule has 2 rings (SSSR count). The number of ether oxygens (including phenoxy) is 1. The van der Waals surface area contributed by atoms with E-state index in [4.69, 9.17) is 16.3 Å². The average Bonchev–Trinajstić information content (AvgIpc) is 2.59. The molecule has 3 heteroatoms. The van der Waals surface area contributed by atoms with Crippen molar-refractivity contribution in [2.75, 3.05) is 5.88 Å². The van der Waals surface area contributed by atoms with E-state index >= 15 is 0 Å². The van der Waals surface area contributed by atoms with Gasteiger partial charge in [0.15, 0.2) is 0 Å². The number of carbonyl (C=O) groups excluding carboxylic acids is 1. The molecule has 0 bridgehead atoms. The Balaban J connectivity index is 1.74. The zero-order valence-electron chi connectivity index (χ0n) is 13.3. The third kappa shape index (κ3) is 6.45. The van der Waals surface area contributed by atoms with Crippen LogP contribution in [0.3, 0.4) is 0 Å². The van der Waals surface area contributed by atoms with E-state index in [1.54, 1.807) is 0 Å². The van der Waals surface area contributed by atoms with Crippen LogP contribution in [-0.4, -0.2) is 11.8 Å². The van der Waals surface area contributed by atoms with Crippen molar-refractivity contribution in [3.63, 3.8) is 0 Å². The minimum atomic E-state index is -0.158. The largest absolute Gasteiger partial charge is 0.427 e. The van der Waals surface area contributed by atoms with Gasteiger partial charge in [0, 0.05) is 12.3 Å². The second kappa shape index (κ2) is 10.1. The summed E-state index contributed by atoms with van der Waals surface area (Å²) in [6.07, 6.45) is 5.73. The van der Waals surface area contributed by atoms with Gasteiger partial charge in [0.25, 0.3) is 0 Å². The lowest BCUT2D eigenvalue weighted by molar-refractivity contribution is -0.134. The quantitative estimate of drug-likeness (QED) is 0.250. The van der Waals surface area contributed by atoms with E-state index in [9.17, 15) is 4.79 Å². The van der Waals surface area contributed by atoms with Crippen LogP contribution in [-0.2, 0) is 4.79 Å². The molecule has 2 nitrogen and oxygen atoms in total. The van der Waals surface area contributed by atoms with Crippen LogP contribution >= 0.6 is 11.6 Å². The second-order valence-corrected chi connectivity index (χ2v) is 5.95. The molecule has 0 saturated carbocycles. The molecule has 0 unspecified atom stereocenters. The van der Waals surface area contributed by atoms with Crippen molar-refractivity contribution in [3.8, 4) is 16.9 Å². The fourth-order valence-corrected chi connectivity index (χ4v) is 2.61. The van der Waals surface area contributed by atoms with Gasteiger partial charge in [-0.1, -0.05) is 61.7 Å². The van der Waals surface area contributed by atoms with Gasteiger partial charge in [-0.05, 0) is 36.1 Å². The number of hydrogen-bond donors (Lipinski definition) is 0. The van der Waals surface area contributed by atoms with E-state index < -0.39 is 0 Å². The standard InChI is InChI=1S/C20H23ClO2/c21-16-8-3-1-2-7-11-20(22)23-19-14-12-18(13-15-19)17-9-5-4-6-10-17/h4-6,9-10,12-15H,1-3,7-8,11,16H2. The Morgan fingerprint density at radius 2 is 1.39 bits per heavy atom. The minimum Gasteiger partial charge on any atom is -0.427 e. The molecule has 0 aromatic heterocycles. The van der Waals surface area contributed by atoms with Gasteiger partial charge in [-0.15, -0.1) is 11.6 Å². The van der Waals surface area contributed by atoms with Gasteiger partial charge in [-0.25, -0.2) is 0 Å². The maximum absolute atomic E-state index is 11.8. The fraction of sp³-hybridized carbons (Fsp3) is 0.350. The Kier molecular flexibility index (Phi) is 7.68. The molecular weight excluding hydrogens is 308 g/mol.